The zero-order valence-corrected chi connectivity index (χ0v) is 8.43. The van der Waals surface area contributed by atoms with Crippen LogP contribution in [0.15, 0.2) is 24.5 Å². The van der Waals surface area contributed by atoms with E-state index in [2.05, 4.69) is 12.0 Å². The van der Waals surface area contributed by atoms with E-state index in [4.69, 9.17) is 9.47 Å². The molecular weight excluding hydrogens is 192 g/mol. The molecule has 0 fully saturated rings. The van der Waals surface area contributed by atoms with Crippen LogP contribution in [0, 0.1) is 0 Å². The van der Waals surface area contributed by atoms with E-state index < -0.39 is 0 Å². The van der Waals surface area contributed by atoms with Gasteiger partial charge in [-0.3, -0.25) is 0 Å². The summed E-state index contributed by atoms with van der Waals surface area (Å²) in [6.07, 6.45) is 3.86. The lowest BCUT2D eigenvalue weighted by Crippen LogP contribution is -2.35. The Labute approximate surface area is 87.0 Å². The number of ether oxygens (including phenoxy) is 2. The van der Waals surface area contributed by atoms with Crippen LogP contribution in [0.3, 0.4) is 0 Å². The minimum atomic E-state index is 0.312. The van der Waals surface area contributed by atoms with Crippen LogP contribution >= 0.6 is 0 Å². The lowest BCUT2D eigenvalue weighted by Gasteiger charge is -1.98. The molecule has 1 aromatic carbocycles. The Hall–Kier alpha value is -1.84. The standard InChI is InChI=1S/C11H11N2O2/c1-2-13-6-9-4-11-10(14-7-15-11)3-8(9)5-12-13/h3-6H,2,7H2,1H3/q+1. The van der Waals surface area contributed by atoms with Gasteiger partial charge in [-0.15, -0.1) is 0 Å². The Bertz CT molecular complexity index is 525. The van der Waals surface area contributed by atoms with Gasteiger partial charge in [0.05, 0.1) is 5.39 Å². The van der Waals surface area contributed by atoms with Gasteiger partial charge in [-0.25, -0.2) is 0 Å². The highest BCUT2D eigenvalue weighted by Gasteiger charge is 2.15. The van der Waals surface area contributed by atoms with Crippen molar-refractivity contribution < 1.29 is 14.2 Å². The second kappa shape index (κ2) is 3.08. The summed E-state index contributed by atoms with van der Waals surface area (Å²) in [5.74, 6) is 1.62. The molecule has 0 bridgehead atoms. The van der Waals surface area contributed by atoms with E-state index in [0.717, 1.165) is 28.8 Å². The van der Waals surface area contributed by atoms with Crippen molar-refractivity contribution in [1.29, 1.82) is 0 Å². The molecule has 1 aliphatic rings. The molecule has 2 aromatic rings. The van der Waals surface area contributed by atoms with Crippen LogP contribution in [0.4, 0.5) is 0 Å². The van der Waals surface area contributed by atoms with E-state index >= 15 is 0 Å². The first kappa shape index (κ1) is 8.47. The smallest absolute Gasteiger partial charge is 0.231 e. The molecule has 0 atom stereocenters. The van der Waals surface area contributed by atoms with Crippen molar-refractivity contribution in [3.05, 3.63) is 24.5 Å². The molecule has 4 heteroatoms. The van der Waals surface area contributed by atoms with Crippen LogP contribution in [0.25, 0.3) is 10.8 Å². The quantitative estimate of drug-likeness (QED) is 0.655. The van der Waals surface area contributed by atoms with Crippen molar-refractivity contribution in [3.8, 4) is 11.5 Å². The first-order valence-corrected chi connectivity index (χ1v) is 4.96. The van der Waals surface area contributed by atoms with Gasteiger partial charge in [-0.2, -0.15) is 0 Å². The molecule has 0 unspecified atom stereocenters. The van der Waals surface area contributed by atoms with Crippen LogP contribution in [0.1, 0.15) is 6.92 Å². The molecule has 2 heterocycles. The summed E-state index contributed by atoms with van der Waals surface area (Å²) in [5, 5.41) is 6.47. The van der Waals surface area contributed by atoms with E-state index in [-0.39, 0.29) is 0 Å². The molecular formula is C11H11N2O2+. The van der Waals surface area contributed by atoms with Gasteiger partial charge in [0.1, 0.15) is 6.20 Å². The minimum absolute atomic E-state index is 0.312. The van der Waals surface area contributed by atoms with Crippen molar-refractivity contribution in [1.82, 2.24) is 5.10 Å². The molecule has 4 nitrogen and oxygen atoms in total. The highest BCUT2D eigenvalue weighted by atomic mass is 16.7. The number of rotatable bonds is 1. The maximum absolute atomic E-state index is 5.33. The average molecular weight is 203 g/mol. The summed E-state index contributed by atoms with van der Waals surface area (Å²) in [6.45, 7) is 3.24. The van der Waals surface area contributed by atoms with Crippen molar-refractivity contribution >= 4 is 10.8 Å². The summed E-state index contributed by atoms with van der Waals surface area (Å²) in [7, 11) is 0. The predicted molar refractivity (Wildman–Crippen MR) is 53.7 cm³/mol. The fourth-order valence-electron chi connectivity index (χ4n) is 1.70. The van der Waals surface area contributed by atoms with E-state index in [9.17, 15) is 0 Å². The van der Waals surface area contributed by atoms with Crippen molar-refractivity contribution in [2.75, 3.05) is 6.79 Å². The zero-order valence-electron chi connectivity index (χ0n) is 8.43. The molecule has 0 aliphatic carbocycles. The summed E-state index contributed by atoms with van der Waals surface area (Å²) in [4.78, 5) is 0. The molecule has 0 saturated carbocycles. The summed E-state index contributed by atoms with van der Waals surface area (Å²) < 4.78 is 12.5. The molecule has 1 aliphatic heterocycles. The van der Waals surface area contributed by atoms with E-state index in [1.54, 1.807) is 0 Å². The monoisotopic (exact) mass is 203 g/mol. The van der Waals surface area contributed by atoms with Crippen molar-refractivity contribution in [2.45, 2.75) is 13.5 Å². The molecule has 1 aromatic heterocycles. The van der Waals surface area contributed by atoms with Crippen LogP contribution in [0.5, 0.6) is 11.5 Å². The van der Waals surface area contributed by atoms with Crippen LogP contribution < -0.4 is 14.2 Å². The Morgan fingerprint density at radius 1 is 1.27 bits per heavy atom. The van der Waals surface area contributed by atoms with Gasteiger partial charge in [0.25, 0.3) is 0 Å². The molecule has 3 rings (SSSR count). The first-order chi connectivity index (χ1) is 7.36. The van der Waals surface area contributed by atoms with Crippen molar-refractivity contribution in [2.24, 2.45) is 0 Å². The number of hydrogen-bond donors (Lipinski definition) is 0. The number of aryl methyl sites for hydroxylation is 1. The normalized spacial score (nSPS) is 13.4. The van der Waals surface area contributed by atoms with E-state index in [1.165, 1.54) is 0 Å². The maximum atomic E-state index is 5.33. The Morgan fingerprint density at radius 2 is 2.00 bits per heavy atom. The van der Waals surface area contributed by atoms with Gasteiger partial charge in [0, 0.05) is 5.39 Å². The summed E-state index contributed by atoms with van der Waals surface area (Å²) in [5.41, 5.74) is 0. The van der Waals surface area contributed by atoms with Crippen LogP contribution in [0.2, 0.25) is 0 Å². The molecule has 0 saturated heterocycles. The predicted octanol–water partition coefficient (Wildman–Crippen LogP) is 1.27. The summed E-state index contributed by atoms with van der Waals surface area (Å²) >= 11 is 0. The zero-order chi connectivity index (χ0) is 10.3. The lowest BCUT2D eigenvalue weighted by molar-refractivity contribution is -0.749. The first-order valence-electron chi connectivity index (χ1n) is 4.96. The van der Waals surface area contributed by atoms with Crippen LogP contribution in [-0.4, -0.2) is 11.9 Å². The van der Waals surface area contributed by atoms with Gasteiger partial charge < -0.3 is 9.47 Å². The molecule has 76 valence electrons. The SMILES string of the molecule is CC[n+]1cc2cc3c(cc2cn1)OCO3. The fourth-order valence-corrected chi connectivity index (χ4v) is 1.70. The number of benzene rings is 1. The second-order valence-electron chi connectivity index (χ2n) is 3.46. The number of fused-ring (bicyclic) bond motifs is 2. The van der Waals surface area contributed by atoms with Gasteiger partial charge in [-0.1, -0.05) is 4.68 Å². The van der Waals surface area contributed by atoms with Gasteiger partial charge >= 0.3 is 0 Å². The Balaban J connectivity index is 2.24. The third-order valence-corrected chi connectivity index (χ3v) is 2.54. The third-order valence-electron chi connectivity index (χ3n) is 2.54. The topological polar surface area (TPSA) is 35.2 Å². The average Bonchev–Trinajstić information content (AvgIpc) is 2.72. The fraction of sp³-hybridized carbons (Fsp3) is 0.273. The Morgan fingerprint density at radius 3 is 2.73 bits per heavy atom. The van der Waals surface area contributed by atoms with Gasteiger partial charge in [-0.05, 0) is 24.2 Å². The largest absolute Gasteiger partial charge is 0.454 e. The highest BCUT2D eigenvalue weighted by Crippen LogP contribution is 2.35. The maximum Gasteiger partial charge on any atom is 0.231 e. The van der Waals surface area contributed by atoms with E-state index in [1.807, 2.05) is 29.2 Å². The minimum Gasteiger partial charge on any atom is -0.454 e. The van der Waals surface area contributed by atoms with Gasteiger partial charge in [0.15, 0.2) is 18.0 Å². The molecule has 0 amide bonds. The third kappa shape index (κ3) is 1.29. The number of aromatic nitrogens is 2. The molecule has 0 radical (unpaired) electrons. The Kier molecular flexibility index (Phi) is 1.74. The molecule has 0 N–H and O–H groups in total. The summed E-state index contributed by atoms with van der Waals surface area (Å²) in [6, 6.07) is 3.95. The van der Waals surface area contributed by atoms with E-state index in [0.29, 0.717) is 6.79 Å². The molecule has 15 heavy (non-hydrogen) atoms. The second-order valence-corrected chi connectivity index (χ2v) is 3.46. The van der Waals surface area contributed by atoms with Crippen LogP contribution in [-0.2, 0) is 6.54 Å². The van der Waals surface area contributed by atoms with Gasteiger partial charge in [0.2, 0.25) is 13.0 Å². The highest BCUT2D eigenvalue weighted by molar-refractivity contribution is 5.84. The molecule has 0 spiro atoms. The lowest BCUT2D eigenvalue weighted by atomic mass is 10.2. The number of nitrogens with zero attached hydrogens (tertiary/aromatic N) is 2. The van der Waals surface area contributed by atoms with Crippen molar-refractivity contribution in [3.63, 3.8) is 0 Å². The number of hydrogen-bond acceptors (Lipinski definition) is 3.